The van der Waals surface area contributed by atoms with Gasteiger partial charge in [-0.05, 0) is 37.6 Å². The number of sulfone groups is 1. The van der Waals surface area contributed by atoms with Gasteiger partial charge in [0, 0.05) is 29.3 Å². The van der Waals surface area contributed by atoms with Gasteiger partial charge in [-0.1, -0.05) is 28.9 Å². The lowest BCUT2D eigenvalue weighted by atomic mass is 10.0. The maximum atomic E-state index is 11.7. The second kappa shape index (κ2) is 6.67. The van der Waals surface area contributed by atoms with Crippen molar-refractivity contribution in [1.82, 2.24) is 5.32 Å². The molecule has 0 aliphatic carbocycles. The van der Waals surface area contributed by atoms with Crippen molar-refractivity contribution in [2.45, 2.75) is 32.4 Å². The molecule has 1 heterocycles. The summed E-state index contributed by atoms with van der Waals surface area (Å²) in [6, 6.07) is 6.52. The topological polar surface area (TPSA) is 49.4 Å². The number of nitrogens with zero attached hydrogens (tertiary/aromatic N) is 1. The SMILES string of the molecule is CCNC(C)c1ccc(Br)cc1N(C)C1CCS(=O)(=O)C1. The number of anilines is 1. The zero-order valence-electron chi connectivity index (χ0n) is 12.8. The molecule has 1 saturated heterocycles. The summed E-state index contributed by atoms with van der Waals surface area (Å²) in [7, 11) is -0.875. The predicted molar refractivity (Wildman–Crippen MR) is 91.7 cm³/mol. The summed E-state index contributed by atoms with van der Waals surface area (Å²) in [5.74, 6) is 0.555. The average Bonchev–Trinajstić information content (AvgIpc) is 2.78. The van der Waals surface area contributed by atoms with E-state index in [2.05, 4.69) is 52.1 Å². The van der Waals surface area contributed by atoms with Gasteiger partial charge in [-0.2, -0.15) is 0 Å². The van der Waals surface area contributed by atoms with Crippen molar-refractivity contribution in [3.05, 3.63) is 28.2 Å². The van der Waals surface area contributed by atoms with Crippen LogP contribution in [0.4, 0.5) is 5.69 Å². The highest BCUT2D eigenvalue weighted by atomic mass is 79.9. The van der Waals surface area contributed by atoms with E-state index in [9.17, 15) is 8.42 Å². The van der Waals surface area contributed by atoms with E-state index in [0.29, 0.717) is 12.2 Å². The van der Waals surface area contributed by atoms with Crippen LogP contribution < -0.4 is 10.2 Å². The zero-order valence-corrected chi connectivity index (χ0v) is 15.2. The van der Waals surface area contributed by atoms with Crippen LogP contribution in [0.3, 0.4) is 0 Å². The van der Waals surface area contributed by atoms with Gasteiger partial charge in [0.05, 0.1) is 11.5 Å². The lowest BCUT2D eigenvalue weighted by Gasteiger charge is -2.30. The molecule has 118 valence electrons. The van der Waals surface area contributed by atoms with Crippen LogP contribution in [0, 0.1) is 0 Å². The molecule has 21 heavy (non-hydrogen) atoms. The average molecular weight is 375 g/mol. The van der Waals surface area contributed by atoms with Crippen LogP contribution in [0.25, 0.3) is 0 Å². The number of nitrogens with one attached hydrogen (secondary N) is 1. The molecule has 1 aliphatic rings. The van der Waals surface area contributed by atoms with E-state index in [-0.39, 0.29) is 17.8 Å². The van der Waals surface area contributed by atoms with E-state index in [1.807, 2.05) is 13.1 Å². The predicted octanol–water partition coefficient (Wildman–Crippen LogP) is 2.74. The summed E-state index contributed by atoms with van der Waals surface area (Å²) in [5.41, 5.74) is 2.30. The van der Waals surface area contributed by atoms with Crippen molar-refractivity contribution in [3.63, 3.8) is 0 Å². The Morgan fingerprint density at radius 3 is 2.76 bits per heavy atom. The highest BCUT2D eigenvalue weighted by Crippen LogP contribution is 2.32. The third-order valence-electron chi connectivity index (χ3n) is 4.11. The van der Waals surface area contributed by atoms with Crippen LogP contribution in [-0.4, -0.2) is 39.6 Å². The number of halogens is 1. The first kappa shape index (κ1) is 16.8. The first-order valence-corrected chi connectivity index (χ1v) is 9.91. The van der Waals surface area contributed by atoms with Gasteiger partial charge < -0.3 is 10.2 Å². The molecular formula is C15H23BrN2O2S. The third-order valence-corrected chi connectivity index (χ3v) is 6.35. The second-order valence-corrected chi connectivity index (χ2v) is 8.79. The molecule has 1 aliphatic heterocycles. The van der Waals surface area contributed by atoms with Crippen molar-refractivity contribution in [1.29, 1.82) is 0 Å². The minimum absolute atomic E-state index is 0.0666. The van der Waals surface area contributed by atoms with Crippen molar-refractivity contribution < 1.29 is 8.42 Å². The number of rotatable bonds is 5. The van der Waals surface area contributed by atoms with Gasteiger partial charge in [-0.3, -0.25) is 0 Å². The second-order valence-electron chi connectivity index (χ2n) is 5.65. The molecule has 0 amide bonds. The number of hydrogen-bond acceptors (Lipinski definition) is 4. The summed E-state index contributed by atoms with van der Waals surface area (Å²) in [5, 5.41) is 3.42. The molecule has 1 aromatic rings. The highest BCUT2D eigenvalue weighted by Gasteiger charge is 2.31. The Hall–Kier alpha value is -0.590. The molecule has 0 bridgehead atoms. The molecular weight excluding hydrogens is 352 g/mol. The van der Waals surface area contributed by atoms with Gasteiger partial charge in [-0.15, -0.1) is 0 Å². The molecule has 0 aromatic heterocycles. The van der Waals surface area contributed by atoms with E-state index < -0.39 is 9.84 Å². The highest BCUT2D eigenvalue weighted by molar-refractivity contribution is 9.10. The van der Waals surface area contributed by atoms with Crippen LogP contribution >= 0.6 is 15.9 Å². The van der Waals surface area contributed by atoms with Crippen LogP contribution in [0.1, 0.15) is 31.9 Å². The molecule has 1 aromatic carbocycles. The van der Waals surface area contributed by atoms with Crippen molar-refractivity contribution >= 4 is 31.5 Å². The minimum atomic E-state index is -2.87. The van der Waals surface area contributed by atoms with E-state index >= 15 is 0 Å². The molecule has 1 N–H and O–H groups in total. The van der Waals surface area contributed by atoms with Gasteiger partial charge in [0.15, 0.2) is 9.84 Å². The first-order chi connectivity index (χ1) is 9.84. The van der Waals surface area contributed by atoms with Gasteiger partial charge in [0.1, 0.15) is 0 Å². The molecule has 0 spiro atoms. The Bertz CT molecular complexity index is 604. The van der Waals surface area contributed by atoms with Crippen LogP contribution in [0.5, 0.6) is 0 Å². The number of hydrogen-bond donors (Lipinski definition) is 1. The summed E-state index contributed by atoms with van der Waals surface area (Å²) in [4.78, 5) is 2.12. The maximum absolute atomic E-state index is 11.7. The summed E-state index contributed by atoms with van der Waals surface area (Å²) in [6.07, 6.45) is 0.709. The zero-order chi connectivity index (χ0) is 15.6. The monoisotopic (exact) mass is 374 g/mol. The summed E-state index contributed by atoms with van der Waals surface area (Å²) >= 11 is 3.52. The summed E-state index contributed by atoms with van der Waals surface area (Å²) in [6.45, 7) is 5.12. The summed E-state index contributed by atoms with van der Waals surface area (Å²) < 4.78 is 24.4. The van der Waals surface area contributed by atoms with Crippen LogP contribution in [-0.2, 0) is 9.84 Å². The third kappa shape index (κ3) is 3.99. The van der Waals surface area contributed by atoms with Crippen molar-refractivity contribution in [2.75, 3.05) is 30.0 Å². The lowest BCUT2D eigenvalue weighted by Crippen LogP contribution is -2.34. The first-order valence-electron chi connectivity index (χ1n) is 7.30. The standard InChI is InChI=1S/C15H23BrN2O2S/c1-4-17-11(2)14-6-5-12(16)9-15(14)18(3)13-7-8-21(19,20)10-13/h5-6,9,11,13,17H,4,7-8,10H2,1-3H3. The largest absolute Gasteiger partial charge is 0.370 e. The van der Waals surface area contributed by atoms with Crippen LogP contribution in [0.15, 0.2) is 22.7 Å². The molecule has 0 radical (unpaired) electrons. The Balaban J connectivity index is 2.31. The molecule has 2 rings (SSSR count). The fourth-order valence-corrected chi connectivity index (χ4v) is 5.01. The lowest BCUT2D eigenvalue weighted by molar-refractivity contribution is 0.591. The number of benzene rings is 1. The van der Waals surface area contributed by atoms with Crippen molar-refractivity contribution in [2.24, 2.45) is 0 Å². The molecule has 6 heteroatoms. The van der Waals surface area contributed by atoms with Crippen molar-refractivity contribution in [3.8, 4) is 0 Å². The molecule has 2 unspecified atom stereocenters. The van der Waals surface area contributed by atoms with Gasteiger partial charge in [0.25, 0.3) is 0 Å². The normalized spacial score (nSPS) is 22.2. The van der Waals surface area contributed by atoms with E-state index in [0.717, 1.165) is 16.7 Å². The Morgan fingerprint density at radius 1 is 1.48 bits per heavy atom. The van der Waals surface area contributed by atoms with E-state index in [4.69, 9.17) is 0 Å². The molecule has 0 saturated carbocycles. The van der Waals surface area contributed by atoms with Gasteiger partial charge in [0.2, 0.25) is 0 Å². The van der Waals surface area contributed by atoms with E-state index in [1.165, 1.54) is 5.56 Å². The molecule has 4 nitrogen and oxygen atoms in total. The Morgan fingerprint density at radius 2 is 2.19 bits per heavy atom. The fourth-order valence-electron chi connectivity index (χ4n) is 2.88. The maximum Gasteiger partial charge on any atom is 0.152 e. The van der Waals surface area contributed by atoms with Crippen LogP contribution in [0.2, 0.25) is 0 Å². The smallest absolute Gasteiger partial charge is 0.152 e. The van der Waals surface area contributed by atoms with E-state index in [1.54, 1.807) is 0 Å². The minimum Gasteiger partial charge on any atom is -0.370 e. The van der Waals surface area contributed by atoms with Gasteiger partial charge in [-0.25, -0.2) is 8.42 Å². The fraction of sp³-hybridized carbons (Fsp3) is 0.600. The Labute approximate surface area is 136 Å². The Kier molecular flexibility index (Phi) is 5.33. The molecule has 2 atom stereocenters. The van der Waals surface area contributed by atoms with Gasteiger partial charge >= 0.3 is 0 Å². The quantitative estimate of drug-likeness (QED) is 0.860. The molecule has 1 fully saturated rings.